The minimum atomic E-state index is -0.937. The number of nitrogens with zero attached hydrogens (tertiary/aromatic N) is 1. The summed E-state index contributed by atoms with van der Waals surface area (Å²) in [5.74, 6) is -2.75. The lowest BCUT2D eigenvalue weighted by atomic mass is 9.89. The normalized spacial score (nSPS) is 19.8. The van der Waals surface area contributed by atoms with E-state index in [0.29, 0.717) is 6.54 Å². The number of amides is 1. The van der Waals surface area contributed by atoms with Gasteiger partial charge in [-0.05, 0) is 17.7 Å². The van der Waals surface area contributed by atoms with E-state index in [1.165, 1.54) is 23.1 Å². The van der Waals surface area contributed by atoms with Crippen LogP contribution < -0.4 is 0 Å². The molecule has 0 saturated carbocycles. The van der Waals surface area contributed by atoms with Gasteiger partial charge in [0.15, 0.2) is 0 Å². The minimum Gasteiger partial charge on any atom is -0.481 e. The van der Waals surface area contributed by atoms with Crippen LogP contribution in [0.25, 0.3) is 0 Å². The number of hydrogen-bond acceptors (Lipinski definition) is 2. The average Bonchev–Trinajstić information content (AvgIpc) is 3.05. The van der Waals surface area contributed by atoms with E-state index in [4.69, 9.17) is 11.6 Å². The van der Waals surface area contributed by atoms with E-state index in [1.807, 2.05) is 30.3 Å². The molecule has 0 aliphatic carbocycles. The summed E-state index contributed by atoms with van der Waals surface area (Å²) < 4.78 is 13.9. The number of halogens is 2. The van der Waals surface area contributed by atoms with Crippen LogP contribution in [-0.4, -0.2) is 35.0 Å². The first-order chi connectivity index (χ1) is 12.0. The molecule has 2 unspecified atom stereocenters. The van der Waals surface area contributed by atoms with Gasteiger partial charge in [-0.1, -0.05) is 48.0 Å². The highest BCUT2D eigenvalue weighted by atomic mass is 35.5. The standard InChI is InChI=1S/C19H17ClFNO3/c20-16-7-4-8-17(21)13(16)9-18(23)22-10-14(15(11-22)19(24)25)12-5-2-1-3-6-12/h1-8,14-15H,9-11H2,(H,24,25). The van der Waals surface area contributed by atoms with E-state index in [1.54, 1.807) is 0 Å². The fourth-order valence-electron chi connectivity index (χ4n) is 3.26. The molecule has 1 saturated heterocycles. The summed E-state index contributed by atoms with van der Waals surface area (Å²) in [4.78, 5) is 25.7. The van der Waals surface area contributed by atoms with Gasteiger partial charge in [0.25, 0.3) is 0 Å². The maximum atomic E-state index is 13.9. The SMILES string of the molecule is O=C(O)C1CN(C(=O)Cc2c(F)cccc2Cl)CC1c1ccccc1. The van der Waals surface area contributed by atoms with Gasteiger partial charge in [0, 0.05) is 29.6 Å². The Hall–Kier alpha value is -2.40. The molecule has 0 spiro atoms. The van der Waals surface area contributed by atoms with Gasteiger partial charge >= 0.3 is 5.97 Å². The topological polar surface area (TPSA) is 57.6 Å². The Kier molecular flexibility index (Phi) is 5.04. The number of carbonyl (C=O) groups excluding carboxylic acids is 1. The van der Waals surface area contributed by atoms with Gasteiger partial charge in [0.1, 0.15) is 5.82 Å². The lowest BCUT2D eigenvalue weighted by molar-refractivity contribution is -0.141. The van der Waals surface area contributed by atoms with Crippen molar-refractivity contribution in [1.82, 2.24) is 4.90 Å². The molecule has 2 aromatic rings. The Morgan fingerprint density at radius 2 is 1.84 bits per heavy atom. The van der Waals surface area contributed by atoms with Crippen molar-refractivity contribution in [2.45, 2.75) is 12.3 Å². The monoisotopic (exact) mass is 361 g/mol. The molecule has 2 aromatic carbocycles. The van der Waals surface area contributed by atoms with E-state index in [-0.39, 0.29) is 35.4 Å². The largest absolute Gasteiger partial charge is 0.481 e. The molecule has 1 aliphatic rings. The zero-order valence-corrected chi connectivity index (χ0v) is 14.1. The van der Waals surface area contributed by atoms with Gasteiger partial charge < -0.3 is 10.0 Å². The second-order valence-corrected chi connectivity index (χ2v) is 6.54. The molecular formula is C19H17ClFNO3. The number of likely N-dealkylation sites (tertiary alicyclic amines) is 1. The number of carboxylic acids is 1. The van der Waals surface area contributed by atoms with Gasteiger partial charge in [-0.15, -0.1) is 0 Å². The van der Waals surface area contributed by atoms with Crippen molar-refractivity contribution in [2.24, 2.45) is 5.92 Å². The third kappa shape index (κ3) is 3.66. The molecule has 3 rings (SSSR count). The predicted molar refractivity (Wildman–Crippen MR) is 92.0 cm³/mol. The molecule has 25 heavy (non-hydrogen) atoms. The Bertz CT molecular complexity index is 776. The third-order valence-electron chi connectivity index (χ3n) is 4.61. The highest BCUT2D eigenvalue weighted by Crippen LogP contribution is 2.33. The van der Waals surface area contributed by atoms with E-state index < -0.39 is 17.7 Å². The van der Waals surface area contributed by atoms with Crippen molar-refractivity contribution in [3.63, 3.8) is 0 Å². The Morgan fingerprint density at radius 3 is 2.48 bits per heavy atom. The summed E-state index contributed by atoms with van der Waals surface area (Å²) in [5, 5.41) is 9.70. The van der Waals surface area contributed by atoms with Crippen LogP contribution in [0.4, 0.5) is 4.39 Å². The Balaban J connectivity index is 1.79. The van der Waals surface area contributed by atoms with Gasteiger partial charge in [-0.2, -0.15) is 0 Å². The molecule has 1 fully saturated rings. The van der Waals surface area contributed by atoms with Crippen molar-refractivity contribution < 1.29 is 19.1 Å². The molecule has 0 radical (unpaired) electrons. The van der Waals surface area contributed by atoms with Crippen molar-refractivity contribution in [3.05, 3.63) is 70.5 Å². The molecule has 2 atom stereocenters. The number of aliphatic carboxylic acids is 1. The van der Waals surface area contributed by atoms with E-state index in [2.05, 4.69) is 0 Å². The second-order valence-electron chi connectivity index (χ2n) is 6.14. The van der Waals surface area contributed by atoms with Crippen LogP contribution in [0.2, 0.25) is 5.02 Å². The maximum absolute atomic E-state index is 13.9. The number of hydrogen-bond donors (Lipinski definition) is 1. The predicted octanol–water partition coefficient (Wildman–Crippen LogP) is 3.35. The third-order valence-corrected chi connectivity index (χ3v) is 4.96. The van der Waals surface area contributed by atoms with Crippen LogP contribution in [0.1, 0.15) is 17.0 Å². The highest BCUT2D eigenvalue weighted by Gasteiger charge is 2.40. The molecule has 130 valence electrons. The molecule has 0 bridgehead atoms. The molecular weight excluding hydrogens is 345 g/mol. The lowest BCUT2D eigenvalue weighted by Gasteiger charge is -2.17. The molecule has 1 aliphatic heterocycles. The quantitative estimate of drug-likeness (QED) is 0.908. The van der Waals surface area contributed by atoms with E-state index >= 15 is 0 Å². The van der Waals surface area contributed by atoms with Crippen LogP contribution in [0.5, 0.6) is 0 Å². The minimum absolute atomic E-state index is 0.111. The number of carbonyl (C=O) groups is 2. The smallest absolute Gasteiger partial charge is 0.308 e. The van der Waals surface area contributed by atoms with E-state index in [9.17, 15) is 19.1 Å². The van der Waals surface area contributed by atoms with Gasteiger partial charge in [0.2, 0.25) is 5.91 Å². The second kappa shape index (κ2) is 7.23. The summed E-state index contributed by atoms with van der Waals surface area (Å²) in [6, 6.07) is 13.5. The zero-order chi connectivity index (χ0) is 18.0. The Morgan fingerprint density at radius 1 is 1.12 bits per heavy atom. The summed E-state index contributed by atoms with van der Waals surface area (Å²) in [5.41, 5.74) is 1.03. The fourth-order valence-corrected chi connectivity index (χ4v) is 3.49. The molecule has 1 N–H and O–H groups in total. The van der Waals surface area contributed by atoms with Crippen LogP contribution in [0, 0.1) is 11.7 Å². The molecule has 1 heterocycles. The molecule has 0 aromatic heterocycles. The van der Waals surface area contributed by atoms with Crippen LogP contribution >= 0.6 is 11.6 Å². The lowest BCUT2D eigenvalue weighted by Crippen LogP contribution is -2.31. The van der Waals surface area contributed by atoms with E-state index in [0.717, 1.165) is 5.56 Å². The van der Waals surface area contributed by atoms with Crippen LogP contribution in [0.15, 0.2) is 48.5 Å². The van der Waals surface area contributed by atoms with Crippen molar-refractivity contribution in [2.75, 3.05) is 13.1 Å². The number of benzene rings is 2. The first kappa shape index (κ1) is 17.4. The molecule has 1 amide bonds. The molecule has 6 heteroatoms. The first-order valence-corrected chi connectivity index (χ1v) is 8.33. The highest BCUT2D eigenvalue weighted by molar-refractivity contribution is 6.31. The first-order valence-electron chi connectivity index (χ1n) is 7.95. The zero-order valence-electron chi connectivity index (χ0n) is 13.4. The number of carboxylic acid groups (broad SMARTS) is 1. The summed E-state index contributed by atoms with van der Waals surface area (Å²) in [6.07, 6.45) is -0.181. The van der Waals surface area contributed by atoms with Gasteiger partial charge in [-0.3, -0.25) is 9.59 Å². The number of rotatable bonds is 4. The summed E-state index contributed by atoms with van der Waals surface area (Å²) >= 11 is 5.98. The molecule has 4 nitrogen and oxygen atoms in total. The van der Waals surface area contributed by atoms with Crippen molar-refractivity contribution >= 4 is 23.5 Å². The van der Waals surface area contributed by atoms with Gasteiger partial charge in [0.05, 0.1) is 12.3 Å². The average molecular weight is 362 g/mol. The Labute approximate surface area is 149 Å². The maximum Gasteiger partial charge on any atom is 0.308 e. The fraction of sp³-hybridized carbons (Fsp3) is 0.263. The van der Waals surface area contributed by atoms with Crippen molar-refractivity contribution in [1.29, 1.82) is 0 Å². The summed E-state index contributed by atoms with van der Waals surface area (Å²) in [7, 11) is 0. The van der Waals surface area contributed by atoms with Crippen LogP contribution in [-0.2, 0) is 16.0 Å². The summed E-state index contributed by atoms with van der Waals surface area (Å²) in [6.45, 7) is 0.408. The van der Waals surface area contributed by atoms with Gasteiger partial charge in [-0.25, -0.2) is 4.39 Å². The van der Waals surface area contributed by atoms with Crippen molar-refractivity contribution in [3.8, 4) is 0 Å². The van der Waals surface area contributed by atoms with Crippen LogP contribution in [0.3, 0.4) is 0 Å².